The molecule has 0 aliphatic rings. The average molecular weight is 307 g/mol. The Morgan fingerprint density at radius 3 is 2.35 bits per heavy atom. The van der Waals surface area contributed by atoms with Crippen LogP contribution in [0.15, 0.2) is 47.4 Å². The predicted molar refractivity (Wildman–Crippen MR) is 78.2 cm³/mol. The average Bonchev–Trinajstić information content (AvgIpc) is 2.41. The van der Waals surface area contributed by atoms with Crippen molar-refractivity contribution in [1.82, 2.24) is 0 Å². The molecule has 0 amide bonds. The molecule has 1 N–H and O–H groups in total. The molecule has 102 valence electrons. The molecule has 20 heavy (non-hydrogen) atoms. The summed E-state index contributed by atoms with van der Waals surface area (Å²) in [5.41, 5.74) is 1.74. The van der Waals surface area contributed by atoms with Crippen LogP contribution in [0.4, 0.5) is 5.69 Å². The minimum atomic E-state index is -3.72. The monoisotopic (exact) mass is 306 g/mol. The first-order valence-corrected chi connectivity index (χ1v) is 7.57. The normalized spacial score (nSPS) is 10.8. The van der Waals surface area contributed by atoms with Crippen LogP contribution in [0, 0.1) is 18.3 Å². The second kappa shape index (κ2) is 5.53. The summed E-state index contributed by atoms with van der Waals surface area (Å²) in [5.74, 6) is 0. The molecular weight excluding hydrogens is 296 g/mol. The van der Waals surface area contributed by atoms with Gasteiger partial charge in [0.1, 0.15) is 6.07 Å². The molecular formula is C14H11ClN2O2S. The Hall–Kier alpha value is -2.03. The molecule has 0 atom stereocenters. The van der Waals surface area contributed by atoms with Crippen LogP contribution in [0.5, 0.6) is 0 Å². The Labute approximate surface area is 122 Å². The van der Waals surface area contributed by atoms with Gasteiger partial charge < -0.3 is 0 Å². The first kappa shape index (κ1) is 14.4. The van der Waals surface area contributed by atoms with Crippen LogP contribution in [0.3, 0.4) is 0 Å². The minimum Gasteiger partial charge on any atom is -0.280 e. The van der Waals surface area contributed by atoms with Crippen molar-refractivity contribution in [3.63, 3.8) is 0 Å². The van der Waals surface area contributed by atoms with Gasteiger partial charge in [0.05, 0.1) is 15.5 Å². The SMILES string of the molecule is Cc1ccc(NS(=O)(=O)c2ccc(C#N)c(Cl)c2)cc1. The van der Waals surface area contributed by atoms with Crippen molar-refractivity contribution in [2.24, 2.45) is 0 Å². The van der Waals surface area contributed by atoms with E-state index in [1.165, 1.54) is 18.2 Å². The number of nitrogens with one attached hydrogen (secondary N) is 1. The van der Waals surface area contributed by atoms with Gasteiger partial charge in [0.25, 0.3) is 10.0 Å². The van der Waals surface area contributed by atoms with Crippen LogP contribution in [0.2, 0.25) is 5.02 Å². The van der Waals surface area contributed by atoms with Crippen molar-refractivity contribution >= 4 is 27.3 Å². The summed E-state index contributed by atoms with van der Waals surface area (Å²) in [7, 11) is -3.72. The maximum atomic E-state index is 12.2. The van der Waals surface area contributed by atoms with Crippen LogP contribution < -0.4 is 4.72 Å². The Balaban J connectivity index is 2.33. The van der Waals surface area contributed by atoms with Crippen molar-refractivity contribution < 1.29 is 8.42 Å². The van der Waals surface area contributed by atoms with Gasteiger partial charge in [0.2, 0.25) is 0 Å². The minimum absolute atomic E-state index is 0.0158. The summed E-state index contributed by atoms with van der Waals surface area (Å²) < 4.78 is 26.8. The van der Waals surface area contributed by atoms with E-state index in [-0.39, 0.29) is 15.5 Å². The summed E-state index contributed by atoms with van der Waals surface area (Å²) in [4.78, 5) is 0.0158. The first-order valence-electron chi connectivity index (χ1n) is 5.71. The molecule has 0 unspecified atom stereocenters. The number of nitrogens with zero attached hydrogens (tertiary/aromatic N) is 1. The van der Waals surface area contributed by atoms with Crippen molar-refractivity contribution in [2.75, 3.05) is 4.72 Å². The van der Waals surface area contributed by atoms with Crippen LogP contribution in [-0.2, 0) is 10.0 Å². The number of sulfonamides is 1. The fourth-order valence-corrected chi connectivity index (χ4v) is 2.96. The van der Waals surface area contributed by atoms with Gasteiger partial charge in [-0.2, -0.15) is 5.26 Å². The summed E-state index contributed by atoms with van der Waals surface area (Å²) in [6.07, 6.45) is 0. The van der Waals surface area contributed by atoms with Gasteiger partial charge >= 0.3 is 0 Å². The van der Waals surface area contributed by atoms with Crippen molar-refractivity contribution in [2.45, 2.75) is 11.8 Å². The molecule has 0 radical (unpaired) electrons. The number of hydrogen-bond acceptors (Lipinski definition) is 3. The molecule has 2 aromatic carbocycles. The molecule has 0 aromatic heterocycles. The Morgan fingerprint density at radius 2 is 1.80 bits per heavy atom. The smallest absolute Gasteiger partial charge is 0.261 e. The van der Waals surface area contributed by atoms with E-state index in [0.717, 1.165) is 5.56 Å². The van der Waals surface area contributed by atoms with Crippen LogP contribution in [0.1, 0.15) is 11.1 Å². The highest BCUT2D eigenvalue weighted by Crippen LogP contribution is 2.22. The zero-order chi connectivity index (χ0) is 14.8. The fraction of sp³-hybridized carbons (Fsp3) is 0.0714. The van der Waals surface area contributed by atoms with Gasteiger partial charge in [0.15, 0.2) is 0 Å². The maximum absolute atomic E-state index is 12.2. The zero-order valence-electron chi connectivity index (χ0n) is 10.6. The Morgan fingerprint density at radius 1 is 1.15 bits per heavy atom. The number of anilines is 1. The van der Waals surface area contributed by atoms with Crippen LogP contribution in [-0.4, -0.2) is 8.42 Å². The number of nitriles is 1. The zero-order valence-corrected chi connectivity index (χ0v) is 12.2. The molecule has 0 spiro atoms. The van der Waals surface area contributed by atoms with E-state index in [4.69, 9.17) is 16.9 Å². The number of aryl methyl sites for hydroxylation is 1. The summed E-state index contributed by atoms with van der Waals surface area (Å²) in [5, 5.41) is 8.88. The van der Waals surface area contributed by atoms with Gasteiger partial charge in [-0.15, -0.1) is 0 Å². The number of halogens is 1. The molecule has 0 saturated carbocycles. The summed E-state index contributed by atoms with van der Waals surface area (Å²) in [6.45, 7) is 1.92. The van der Waals surface area contributed by atoms with E-state index in [2.05, 4.69) is 4.72 Å². The van der Waals surface area contributed by atoms with Gasteiger partial charge in [-0.25, -0.2) is 8.42 Å². The molecule has 2 aromatic rings. The number of rotatable bonds is 3. The summed E-state index contributed by atoms with van der Waals surface area (Å²) >= 11 is 5.84. The van der Waals surface area contributed by atoms with Crippen molar-refractivity contribution in [1.29, 1.82) is 5.26 Å². The standard InChI is InChI=1S/C14H11ClN2O2S/c1-10-2-5-12(6-3-10)17-20(18,19)13-7-4-11(9-16)14(15)8-13/h2-8,17H,1H3. The van der Waals surface area contributed by atoms with E-state index in [1.807, 2.05) is 25.1 Å². The molecule has 0 aliphatic heterocycles. The Bertz CT molecular complexity index is 778. The van der Waals surface area contributed by atoms with Gasteiger partial charge in [0, 0.05) is 5.69 Å². The van der Waals surface area contributed by atoms with E-state index in [9.17, 15) is 8.42 Å². The van der Waals surface area contributed by atoms with E-state index < -0.39 is 10.0 Å². The third-order valence-corrected chi connectivity index (χ3v) is 4.37. The largest absolute Gasteiger partial charge is 0.280 e. The van der Waals surface area contributed by atoms with Gasteiger partial charge in [-0.3, -0.25) is 4.72 Å². The molecule has 0 fully saturated rings. The highest BCUT2D eigenvalue weighted by Gasteiger charge is 2.15. The molecule has 0 heterocycles. The quantitative estimate of drug-likeness (QED) is 0.945. The van der Waals surface area contributed by atoms with Gasteiger partial charge in [-0.1, -0.05) is 29.3 Å². The fourth-order valence-electron chi connectivity index (χ4n) is 1.59. The third-order valence-electron chi connectivity index (χ3n) is 2.68. The molecule has 0 bridgehead atoms. The maximum Gasteiger partial charge on any atom is 0.261 e. The molecule has 6 heteroatoms. The van der Waals surface area contributed by atoms with Crippen molar-refractivity contribution in [3.8, 4) is 6.07 Å². The lowest BCUT2D eigenvalue weighted by Crippen LogP contribution is -2.13. The van der Waals surface area contributed by atoms with Crippen molar-refractivity contribution in [3.05, 3.63) is 58.6 Å². The molecule has 0 aliphatic carbocycles. The van der Waals surface area contributed by atoms with Crippen LogP contribution >= 0.6 is 11.6 Å². The highest BCUT2D eigenvalue weighted by atomic mass is 35.5. The Kier molecular flexibility index (Phi) is 3.98. The second-order valence-electron chi connectivity index (χ2n) is 4.22. The third kappa shape index (κ3) is 3.10. The predicted octanol–water partition coefficient (Wildman–Crippen LogP) is 3.32. The van der Waals surface area contributed by atoms with E-state index in [1.54, 1.807) is 12.1 Å². The molecule has 4 nitrogen and oxygen atoms in total. The second-order valence-corrected chi connectivity index (χ2v) is 6.31. The lowest BCUT2D eigenvalue weighted by molar-refractivity contribution is 0.601. The number of hydrogen-bond donors (Lipinski definition) is 1. The topological polar surface area (TPSA) is 70.0 Å². The van der Waals surface area contributed by atoms with E-state index >= 15 is 0 Å². The van der Waals surface area contributed by atoms with Gasteiger partial charge in [-0.05, 0) is 37.3 Å². The lowest BCUT2D eigenvalue weighted by atomic mass is 10.2. The lowest BCUT2D eigenvalue weighted by Gasteiger charge is -2.09. The van der Waals surface area contributed by atoms with E-state index in [0.29, 0.717) is 5.69 Å². The van der Waals surface area contributed by atoms with Crippen LogP contribution in [0.25, 0.3) is 0 Å². The highest BCUT2D eigenvalue weighted by molar-refractivity contribution is 7.92. The number of benzene rings is 2. The molecule has 0 saturated heterocycles. The first-order chi connectivity index (χ1) is 9.42. The molecule has 2 rings (SSSR count). The summed E-state index contributed by atoms with van der Waals surface area (Å²) in [6, 6.07) is 12.8.